The Bertz CT molecular complexity index is 892. The van der Waals surface area contributed by atoms with Gasteiger partial charge in [0.2, 0.25) is 17.7 Å². The molecule has 32 heavy (non-hydrogen) atoms. The third kappa shape index (κ3) is 4.82. The molecule has 3 N–H and O–H groups in total. The van der Waals surface area contributed by atoms with Crippen molar-refractivity contribution < 1.29 is 24.3 Å². The number of carbonyl (C=O) groups is 4. The highest BCUT2D eigenvalue weighted by Crippen LogP contribution is 2.35. The molecular weight excluding hydrogens is 436 g/mol. The highest BCUT2D eigenvalue weighted by Gasteiger charge is 2.41. The van der Waals surface area contributed by atoms with Gasteiger partial charge in [0.15, 0.2) is 0 Å². The van der Waals surface area contributed by atoms with E-state index in [9.17, 15) is 19.2 Å². The highest BCUT2D eigenvalue weighted by molar-refractivity contribution is 6.30. The van der Waals surface area contributed by atoms with E-state index in [0.29, 0.717) is 44.0 Å². The molecular formula is C22H27ClN4O5. The van der Waals surface area contributed by atoms with Crippen LogP contribution in [0.2, 0.25) is 5.02 Å². The molecule has 9 nitrogen and oxygen atoms in total. The molecule has 0 aliphatic carbocycles. The molecule has 172 valence electrons. The Kier molecular flexibility index (Phi) is 6.55. The number of amides is 4. The number of nitrogens with one attached hydrogen (secondary N) is 2. The normalized spacial score (nSPS) is 25.8. The molecule has 10 heteroatoms. The summed E-state index contributed by atoms with van der Waals surface area (Å²) in [4.78, 5) is 51.3. The smallest absolute Gasteiger partial charge is 0.404 e. The zero-order valence-corrected chi connectivity index (χ0v) is 18.4. The number of rotatable bonds is 5. The van der Waals surface area contributed by atoms with Crippen molar-refractivity contribution in [3.8, 4) is 0 Å². The molecule has 1 aromatic rings. The van der Waals surface area contributed by atoms with E-state index >= 15 is 0 Å². The summed E-state index contributed by atoms with van der Waals surface area (Å²) in [5.41, 5.74) is 1.03. The molecule has 0 spiro atoms. The molecule has 3 heterocycles. The van der Waals surface area contributed by atoms with Crippen molar-refractivity contribution in [3.05, 3.63) is 34.9 Å². The third-order valence-electron chi connectivity index (χ3n) is 6.75. The van der Waals surface area contributed by atoms with Gasteiger partial charge in [-0.05, 0) is 30.5 Å². The van der Waals surface area contributed by atoms with Crippen molar-refractivity contribution >= 4 is 35.4 Å². The number of piperidine rings is 1. The van der Waals surface area contributed by atoms with E-state index in [1.165, 1.54) is 0 Å². The molecule has 1 aromatic carbocycles. The van der Waals surface area contributed by atoms with E-state index in [0.717, 1.165) is 5.56 Å². The van der Waals surface area contributed by atoms with E-state index < -0.39 is 12.1 Å². The van der Waals surface area contributed by atoms with Crippen molar-refractivity contribution in [3.63, 3.8) is 0 Å². The predicted molar refractivity (Wildman–Crippen MR) is 116 cm³/mol. The van der Waals surface area contributed by atoms with E-state index in [1.54, 1.807) is 17.0 Å². The molecule has 3 fully saturated rings. The molecule has 0 saturated carbocycles. The lowest BCUT2D eigenvalue weighted by Crippen LogP contribution is -2.59. The van der Waals surface area contributed by atoms with Gasteiger partial charge >= 0.3 is 6.09 Å². The Morgan fingerprint density at radius 3 is 2.31 bits per heavy atom. The SMILES string of the molecule is O=C(O)NC[C@H]1CN(C(=O)C2CCN(C(=O)C3CC(=O)N3)CC2)C[C@H]1c1ccc(Cl)cc1. The van der Waals surface area contributed by atoms with Crippen LogP contribution in [-0.4, -0.2) is 77.5 Å². The second-order valence-corrected chi connectivity index (χ2v) is 9.21. The lowest BCUT2D eigenvalue weighted by atomic mass is 9.89. The number of likely N-dealkylation sites (tertiary alicyclic amines) is 2. The van der Waals surface area contributed by atoms with Crippen LogP contribution in [0.15, 0.2) is 24.3 Å². The second-order valence-electron chi connectivity index (χ2n) is 8.77. The number of hydrogen-bond donors (Lipinski definition) is 3. The van der Waals surface area contributed by atoms with E-state index in [-0.39, 0.29) is 48.4 Å². The first kappa shape index (κ1) is 22.4. The van der Waals surface area contributed by atoms with Crippen LogP contribution < -0.4 is 10.6 Å². The highest BCUT2D eigenvalue weighted by atomic mass is 35.5. The average Bonchev–Trinajstić information content (AvgIpc) is 3.19. The van der Waals surface area contributed by atoms with Crippen LogP contribution in [0.3, 0.4) is 0 Å². The Morgan fingerprint density at radius 2 is 1.72 bits per heavy atom. The molecule has 1 unspecified atom stereocenters. The maximum absolute atomic E-state index is 13.2. The van der Waals surface area contributed by atoms with Crippen molar-refractivity contribution in [2.45, 2.75) is 31.2 Å². The average molecular weight is 463 g/mol. The number of benzene rings is 1. The molecule has 3 aliphatic heterocycles. The minimum absolute atomic E-state index is 0.0203. The summed E-state index contributed by atoms with van der Waals surface area (Å²) >= 11 is 6.01. The Morgan fingerprint density at radius 1 is 1.06 bits per heavy atom. The van der Waals surface area contributed by atoms with Gasteiger partial charge in [-0.1, -0.05) is 23.7 Å². The van der Waals surface area contributed by atoms with Crippen LogP contribution >= 0.6 is 11.6 Å². The first-order valence-electron chi connectivity index (χ1n) is 10.9. The number of halogens is 1. The second kappa shape index (κ2) is 9.36. The van der Waals surface area contributed by atoms with Gasteiger partial charge < -0.3 is 25.5 Å². The molecule has 4 rings (SSSR count). The Balaban J connectivity index is 1.36. The lowest BCUT2D eigenvalue weighted by Gasteiger charge is -2.37. The van der Waals surface area contributed by atoms with Gasteiger partial charge in [0, 0.05) is 55.5 Å². The number of nitrogens with zero attached hydrogens (tertiary/aromatic N) is 2. The van der Waals surface area contributed by atoms with Gasteiger partial charge in [0.1, 0.15) is 6.04 Å². The number of carbonyl (C=O) groups excluding carboxylic acids is 3. The van der Waals surface area contributed by atoms with Gasteiger partial charge in [-0.25, -0.2) is 4.79 Å². The van der Waals surface area contributed by atoms with Crippen molar-refractivity contribution in [1.29, 1.82) is 0 Å². The van der Waals surface area contributed by atoms with Gasteiger partial charge in [0.25, 0.3) is 0 Å². The van der Waals surface area contributed by atoms with Crippen LogP contribution in [0, 0.1) is 11.8 Å². The molecule has 0 aromatic heterocycles. The van der Waals surface area contributed by atoms with E-state index in [4.69, 9.17) is 16.7 Å². The van der Waals surface area contributed by atoms with E-state index in [2.05, 4.69) is 10.6 Å². The fourth-order valence-corrected chi connectivity index (χ4v) is 5.02. The monoisotopic (exact) mass is 462 g/mol. The summed E-state index contributed by atoms with van der Waals surface area (Å²) in [6.07, 6.45) is 0.337. The fourth-order valence-electron chi connectivity index (χ4n) is 4.90. The Hall–Kier alpha value is -2.81. The molecule has 0 radical (unpaired) electrons. The van der Waals surface area contributed by atoms with Crippen LogP contribution in [0.1, 0.15) is 30.7 Å². The maximum Gasteiger partial charge on any atom is 0.404 e. The minimum atomic E-state index is -1.08. The first-order chi connectivity index (χ1) is 15.3. The summed E-state index contributed by atoms with van der Waals surface area (Å²) in [6, 6.07) is 7.05. The van der Waals surface area contributed by atoms with Gasteiger partial charge in [0.05, 0.1) is 6.42 Å². The summed E-state index contributed by atoms with van der Waals surface area (Å²) in [5.74, 6) is -0.283. The topological polar surface area (TPSA) is 119 Å². The van der Waals surface area contributed by atoms with Crippen molar-refractivity contribution in [2.75, 3.05) is 32.7 Å². The zero-order chi connectivity index (χ0) is 22.8. The Labute approximate surface area is 191 Å². The summed E-state index contributed by atoms with van der Waals surface area (Å²) in [5, 5.41) is 14.7. The third-order valence-corrected chi connectivity index (χ3v) is 7.00. The predicted octanol–water partition coefficient (Wildman–Crippen LogP) is 1.28. The van der Waals surface area contributed by atoms with Crippen molar-refractivity contribution in [2.24, 2.45) is 11.8 Å². The maximum atomic E-state index is 13.2. The van der Waals surface area contributed by atoms with Crippen LogP contribution in [0.5, 0.6) is 0 Å². The van der Waals surface area contributed by atoms with Gasteiger partial charge in [-0.15, -0.1) is 0 Å². The van der Waals surface area contributed by atoms with Gasteiger partial charge in [-0.2, -0.15) is 0 Å². The largest absolute Gasteiger partial charge is 0.465 e. The standard InChI is InChI=1S/C22H27ClN4O5/c23-16-3-1-13(2-4-16)17-12-27(11-15(17)10-24-22(31)32)20(29)14-5-7-26(8-6-14)21(30)18-9-19(28)25-18/h1-4,14-15,17-18,24H,5-12H2,(H,25,28)(H,31,32)/t15-,17-,18?/m0/s1. The molecule has 4 amide bonds. The number of carboxylic acid groups (broad SMARTS) is 1. The fraction of sp³-hybridized carbons (Fsp3) is 0.545. The minimum Gasteiger partial charge on any atom is -0.465 e. The summed E-state index contributed by atoms with van der Waals surface area (Å²) < 4.78 is 0. The molecule has 0 bridgehead atoms. The van der Waals surface area contributed by atoms with Crippen LogP contribution in [0.25, 0.3) is 0 Å². The van der Waals surface area contributed by atoms with E-state index in [1.807, 2.05) is 17.0 Å². The molecule has 3 saturated heterocycles. The lowest BCUT2D eigenvalue weighted by molar-refractivity contribution is -0.146. The van der Waals surface area contributed by atoms with Gasteiger partial charge in [-0.3, -0.25) is 14.4 Å². The summed E-state index contributed by atoms with van der Waals surface area (Å²) in [6.45, 7) is 2.28. The van der Waals surface area contributed by atoms with Crippen LogP contribution in [0.4, 0.5) is 4.79 Å². The molecule has 3 atom stereocenters. The number of β-lactam (4-membered cyclic amide) rings is 1. The van der Waals surface area contributed by atoms with Crippen LogP contribution in [-0.2, 0) is 14.4 Å². The van der Waals surface area contributed by atoms with Crippen molar-refractivity contribution in [1.82, 2.24) is 20.4 Å². The zero-order valence-electron chi connectivity index (χ0n) is 17.6. The quantitative estimate of drug-likeness (QED) is 0.569. The molecule has 3 aliphatic rings. The summed E-state index contributed by atoms with van der Waals surface area (Å²) in [7, 11) is 0. The number of hydrogen-bond acceptors (Lipinski definition) is 4. The first-order valence-corrected chi connectivity index (χ1v) is 11.3.